The molecule has 2 fully saturated rings. The second-order valence-corrected chi connectivity index (χ2v) is 10.4. The molecule has 1 saturated carbocycles. The lowest BCUT2D eigenvalue weighted by Gasteiger charge is -2.32. The molecule has 1 aliphatic heterocycles. The van der Waals surface area contributed by atoms with Gasteiger partial charge in [-0.15, -0.1) is 0 Å². The van der Waals surface area contributed by atoms with Gasteiger partial charge in [-0.25, -0.2) is 9.59 Å². The van der Waals surface area contributed by atoms with E-state index in [1.807, 2.05) is 13.8 Å². The SMILES string of the molecule is CC(C)C(NC(=O)OC(C)(C)C)C(=O)NCC1CCC(C(=O)N2CCCC2C(=O)O)CC1. The van der Waals surface area contributed by atoms with E-state index in [9.17, 15) is 24.3 Å². The smallest absolute Gasteiger partial charge is 0.408 e. The third-order valence-corrected chi connectivity index (χ3v) is 6.20. The van der Waals surface area contributed by atoms with Crippen molar-refractivity contribution in [2.75, 3.05) is 13.1 Å². The third kappa shape index (κ3) is 7.38. The van der Waals surface area contributed by atoms with Crippen molar-refractivity contribution in [3.8, 4) is 0 Å². The maximum atomic E-state index is 12.8. The molecule has 0 aromatic heterocycles. The van der Waals surface area contributed by atoms with Crippen LogP contribution in [0.1, 0.15) is 73.1 Å². The Hall–Kier alpha value is -2.32. The van der Waals surface area contributed by atoms with Gasteiger partial charge in [-0.1, -0.05) is 13.8 Å². The van der Waals surface area contributed by atoms with Gasteiger partial charge in [0.05, 0.1) is 0 Å². The van der Waals surface area contributed by atoms with E-state index in [0.29, 0.717) is 32.4 Å². The van der Waals surface area contributed by atoms with Crippen molar-refractivity contribution in [2.45, 2.75) is 90.8 Å². The zero-order chi connectivity index (χ0) is 24.1. The van der Waals surface area contributed by atoms with Crippen LogP contribution in [0.3, 0.4) is 0 Å². The van der Waals surface area contributed by atoms with Gasteiger partial charge >= 0.3 is 12.1 Å². The molecule has 0 aromatic carbocycles. The summed E-state index contributed by atoms with van der Waals surface area (Å²) in [6.45, 7) is 10.0. The van der Waals surface area contributed by atoms with Gasteiger partial charge < -0.3 is 25.4 Å². The summed E-state index contributed by atoms with van der Waals surface area (Å²) in [5.41, 5.74) is -0.641. The number of rotatable bonds is 7. The van der Waals surface area contributed by atoms with Crippen LogP contribution in [-0.2, 0) is 19.1 Å². The summed E-state index contributed by atoms with van der Waals surface area (Å²) in [6.07, 6.45) is 3.64. The van der Waals surface area contributed by atoms with Crippen molar-refractivity contribution < 1.29 is 29.0 Å². The number of carboxylic acids is 1. The average molecular weight is 454 g/mol. The highest BCUT2D eigenvalue weighted by atomic mass is 16.6. The molecule has 0 aromatic rings. The fourth-order valence-corrected chi connectivity index (χ4v) is 4.46. The lowest BCUT2D eigenvalue weighted by molar-refractivity contribution is -0.150. The zero-order valence-corrected chi connectivity index (χ0v) is 20.0. The number of amides is 3. The third-order valence-electron chi connectivity index (χ3n) is 6.20. The first-order chi connectivity index (χ1) is 14.9. The van der Waals surface area contributed by atoms with Gasteiger partial charge in [0.2, 0.25) is 11.8 Å². The molecule has 2 atom stereocenters. The fourth-order valence-electron chi connectivity index (χ4n) is 4.46. The number of hydrogen-bond donors (Lipinski definition) is 3. The van der Waals surface area contributed by atoms with Crippen LogP contribution in [0.2, 0.25) is 0 Å². The van der Waals surface area contributed by atoms with Crippen LogP contribution in [0, 0.1) is 17.8 Å². The first kappa shape index (κ1) is 25.9. The number of alkyl carbamates (subject to hydrolysis) is 1. The second kappa shape index (κ2) is 11.0. The topological polar surface area (TPSA) is 125 Å². The van der Waals surface area contributed by atoms with Crippen LogP contribution >= 0.6 is 0 Å². The highest BCUT2D eigenvalue weighted by molar-refractivity contribution is 5.86. The molecule has 9 heteroatoms. The molecule has 1 aliphatic carbocycles. The molecule has 3 N–H and O–H groups in total. The molecule has 2 rings (SSSR count). The van der Waals surface area contributed by atoms with Gasteiger partial charge in [0, 0.05) is 19.0 Å². The monoisotopic (exact) mass is 453 g/mol. The first-order valence-electron chi connectivity index (χ1n) is 11.7. The van der Waals surface area contributed by atoms with Crippen molar-refractivity contribution in [3.63, 3.8) is 0 Å². The summed E-state index contributed by atoms with van der Waals surface area (Å²) >= 11 is 0. The summed E-state index contributed by atoms with van der Waals surface area (Å²) in [6, 6.07) is -1.38. The number of nitrogens with zero attached hydrogens (tertiary/aromatic N) is 1. The summed E-state index contributed by atoms with van der Waals surface area (Å²) in [7, 11) is 0. The first-order valence-corrected chi connectivity index (χ1v) is 11.7. The van der Waals surface area contributed by atoms with E-state index in [2.05, 4.69) is 10.6 Å². The number of likely N-dealkylation sites (tertiary alicyclic amines) is 1. The Balaban J connectivity index is 1.80. The van der Waals surface area contributed by atoms with Crippen molar-refractivity contribution in [3.05, 3.63) is 0 Å². The van der Waals surface area contributed by atoms with Crippen molar-refractivity contribution in [2.24, 2.45) is 17.8 Å². The Morgan fingerprint density at radius 3 is 2.22 bits per heavy atom. The number of ether oxygens (including phenoxy) is 1. The highest BCUT2D eigenvalue weighted by Crippen LogP contribution is 2.32. The van der Waals surface area contributed by atoms with Crippen LogP contribution in [0.25, 0.3) is 0 Å². The van der Waals surface area contributed by atoms with Crippen LogP contribution in [0.4, 0.5) is 4.79 Å². The van der Waals surface area contributed by atoms with Crippen LogP contribution < -0.4 is 10.6 Å². The Morgan fingerprint density at radius 1 is 1.06 bits per heavy atom. The van der Waals surface area contributed by atoms with Gasteiger partial charge in [-0.3, -0.25) is 9.59 Å². The number of nitrogens with one attached hydrogen (secondary N) is 2. The normalized spacial score (nSPS) is 24.7. The Kier molecular flexibility index (Phi) is 8.92. The molecule has 1 heterocycles. The maximum Gasteiger partial charge on any atom is 0.408 e. The Labute approximate surface area is 190 Å². The van der Waals surface area contributed by atoms with Gasteiger partial charge in [-0.2, -0.15) is 0 Å². The van der Waals surface area contributed by atoms with Gasteiger partial charge in [0.1, 0.15) is 17.7 Å². The summed E-state index contributed by atoms with van der Waals surface area (Å²) in [5.74, 6) is -1.19. The van der Waals surface area contributed by atoms with Gasteiger partial charge in [0.15, 0.2) is 0 Å². The zero-order valence-electron chi connectivity index (χ0n) is 20.0. The minimum absolute atomic E-state index is 0.0428. The molecule has 32 heavy (non-hydrogen) atoms. The predicted octanol–water partition coefficient (Wildman–Crippen LogP) is 2.53. The van der Waals surface area contributed by atoms with E-state index in [0.717, 1.165) is 19.3 Å². The molecular formula is C23H39N3O6. The minimum atomic E-state index is -0.924. The minimum Gasteiger partial charge on any atom is -0.480 e. The molecule has 0 bridgehead atoms. The quantitative estimate of drug-likeness (QED) is 0.544. The summed E-state index contributed by atoms with van der Waals surface area (Å²) in [5, 5.41) is 14.9. The molecule has 9 nitrogen and oxygen atoms in total. The molecule has 182 valence electrons. The highest BCUT2D eigenvalue weighted by Gasteiger charge is 2.38. The molecule has 3 amide bonds. The van der Waals surface area contributed by atoms with Crippen molar-refractivity contribution in [1.82, 2.24) is 15.5 Å². The maximum absolute atomic E-state index is 12.8. The van der Waals surface area contributed by atoms with Crippen LogP contribution in [-0.4, -0.2) is 64.7 Å². The van der Waals surface area contributed by atoms with E-state index in [1.54, 1.807) is 20.8 Å². The lowest BCUT2D eigenvalue weighted by Crippen LogP contribution is -2.51. The van der Waals surface area contributed by atoms with E-state index in [4.69, 9.17) is 4.74 Å². The molecule has 0 spiro atoms. The Morgan fingerprint density at radius 2 is 1.69 bits per heavy atom. The van der Waals surface area contributed by atoms with Gasteiger partial charge in [-0.05, 0) is 71.1 Å². The Bertz CT molecular complexity index is 694. The average Bonchev–Trinajstić information content (AvgIpc) is 3.19. The molecule has 1 saturated heterocycles. The van der Waals surface area contributed by atoms with Gasteiger partial charge in [0.25, 0.3) is 0 Å². The second-order valence-electron chi connectivity index (χ2n) is 10.4. The largest absolute Gasteiger partial charge is 0.480 e. The van der Waals surface area contributed by atoms with Crippen molar-refractivity contribution >= 4 is 23.9 Å². The number of hydrogen-bond acceptors (Lipinski definition) is 5. The van der Waals surface area contributed by atoms with Crippen LogP contribution in [0.15, 0.2) is 0 Å². The predicted molar refractivity (Wildman–Crippen MR) is 119 cm³/mol. The van der Waals surface area contributed by atoms with E-state index >= 15 is 0 Å². The lowest BCUT2D eigenvalue weighted by atomic mass is 9.81. The molecule has 2 unspecified atom stereocenters. The number of carbonyl (C=O) groups excluding carboxylic acids is 3. The standard InChI is InChI=1S/C23H39N3O6/c1-14(2)18(25-22(31)32-23(3,4)5)19(27)24-13-15-8-10-16(11-9-15)20(28)26-12-6-7-17(26)21(29)30/h14-18H,6-13H2,1-5H3,(H,24,27)(H,25,31)(H,29,30). The number of aliphatic carboxylic acids is 1. The molecule has 0 radical (unpaired) electrons. The van der Waals surface area contributed by atoms with Crippen molar-refractivity contribution in [1.29, 1.82) is 0 Å². The number of carbonyl (C=O) groups is 4. The van der Waals surface area contributed by atoms with E-state index in [1.165, 1.54) is 4.90 Å². The molecule has 2 aliphatic rings. The summed E-state index contributed by atoms with van der Waals surface area (Å²) in [4.78, 5) is 50.4. The fraction of sp³-hybridized carbons (Fsp3) is 0.826. The van der Waals surface area contributed by atoms with E-state index < -0.39 is 29.7 Å². The number of carboxylic acid groups (broad SMARTS) is 1. The van der Waals surface area contributed by atoms with E-state index in [-0.39, 0.29) is 29.6 Å². The van der Waals surface area contributed by atoms with Crippen LogP contribution in [0.5, 0.6) is 0 Å². The summed E-state index contributed by atoms with van der Waals surface area (Å²) < 4.78 is 5.26. The molecular weight excluding hydrogens is 414 g/mol.